The van der Waals surface area contributed by atoms with Crippen LogP contribution in [0, 0.1) is 0 Å². The number of pyridine rings is 1. The highest BCUT2D eigenvalue weighted by Gasteiger charge is 2.43. The van der Waals surface area contributed by atoms with Crippen LogP contribution < -0.4 is 19.7 Å². The van der Waals surface area contributed by atoms with Gasteiger partial charge in [-0.3, -0.25) is 4.98 Å². The van der Waals surface area contributed by atoms with Gasteiger partial charge in [-0.2, -0.15) is 0 Å². The van der Waals surface area contributed by atoms with E-state index in [-0.39, 0.29) is 11.6 Å². The second-order valence-electron chi connectivity index (χ2n) is 8.12. The Morgan fingerprint density at radius 2 is 1.92 bits per heavy atom. The second kappa shape index (κ2) is 9.71. The molecule has 1 aliphatic heterocycles. The number of anilines is 1. The summed E-state index contributed by atoms with van der Waals surface area (Å²) in [5.74, 6) is 1.44. The molecule has 9 heteroatoms. The van der Waals surface area contributed by atoms with Crippen molar-refractivity contribution < 1.29 is 23.8 Å². The van der Waals surface area contributed by atoms with Crippen LogP contribution >= 0.6 is 12.2 Å². The number of furan rings is 1. The number of ether oxygens (including phenoxy) is 2. The van der Waals surface area contributed by atoms with Gasteiger partial charge in [-0.25, -0.2) is 4.79 Å². The quantitative estimate of drug-likeness (QED) is 0.330. The molecule has 182 valence electrons. The van der Waals surface area contributed by atoms with Gasteiger partial charge in [0.15, 0.2) is 5.11 Å². The van der Waals surface area contributed by atoms with Gasteiger partial charge in [0.2, 0.25) is 0 Å². The van der Waals surface area contributed by atoms with Crippen molar-refractivity contribution in [2.24, 2.45) is 0 Å². The summed E-state index contributed by atoms with van der Waals surface area (Å²) in [5.41, 5.74) is 2.35. The highest BCUT2D eigenvalue weighted by molar-refractivity contribution is 7.80. The van der Waals surface area contributed by atoms with Crippen molar-refractivity contribution in [3.63, 3.8) is 0 Å². The molecule has 2 aromatic heterocycles. The molecular formula is C27H23N3O5S. The molecule has 1 saturated heterocycles. The van der Waals surface area contributed by atoms with E-state index in [4.69, 9.17) is 26.1 Å². The molecule has 0 spiro atoms. The topological polar surface area (TPSA) is 97.1 Å². The van der Waals surface area contributed by atoms with E-state index in [0.29, 0.717) is 39.4 Å². The van der Waals surface area contributed by atoms with E-state index >= 15 is 0 Å². The molecule has 1 fully saturated rings. The molecule has 0 saturated carbocycles. The first-order chi connectivity index (χ1) is 17.5. The van der Waals surface area contributed by atoms with Gasteiger partial charge in [0.05, 0.1) is 37.2 Å². The van der Waals surface area contributed by atoms with Crippen LogP contribution in [0.15, 0.2) is 83.4 Å². The lowest BCUT2D eigenvalue weighted by atomic mass is 10.0. The van der Waals surface area contributed by atoms with E-state index in [1.807, 2.05) is 59.5 Å². The Hall–Kier alpha value is -4.37. The first-order valence-corrected chi connectivity index (χ1v) is 11.6. The van der Waals surface area contributed by atoms with Crippen molar-refractivity contribution in [2.75, 3.05) is 19.1 Å². The Morgan fingerprint density at radius 3 is 2.64 bits per heavy atom. The lowest BCUT2D eigenvalue weighted by Gasteiger charge is -2.27. The van der Waals surface area contributed by atoms with Crippen LogP contribution in [-0.2, 0) is 0 Å². The molecule has 0 radical (unpaired) electrons. The number of carboxylic acids is 1. The van der Waals surface area contributed by atoms with Crippen molar-refractivity contribution in [1.82, 2.24) is 10.3 Å². The summed E-state index contributed by atoms with van der Waals surface area (Å²) in [6.07, 6.45) is 1.73. The van der Waals surface area contributed by atoms with Gasteiger partial charge in [0.1, 0.15) is 29.1 Å². The Bertz CT molecular complexity index is 1420. The molecule has 0 bridgehead atoms. The number of aromatic carboxylic acids is 1. The van der Waals surface area contributed by atoms with Crippen molar-refractivity contribution in [3.05, 3.63) is 96.0 Å². The van der Waals surface area contributed by atoms with Crippen LogP contribution in [-0.4, -0.2) is 35.4 Å². The Balaban J connectivity index is 1.63. The van der Waals surface area contributed by atoms with Crippen LogP contribution in [0.2, 0.25) is 0 Å². The number of hydrogen-bond donors (Lipinski definition) is 2. The third-order valence-corrected chi connectivity index (χ3v) is 6.37. The van der Waals surface area contributed by atoms with Gasteiger partial charge < -0.3 is 29.2 Å². The molecule has 2 aromatic carbocycles. The number of carbonyl (C=O) groups is 1. The number of aromatic nitrogens is 1. The highest BCUT2D eigenvalue weighted by Crippen LogP contribution is 2.46. The summed E-state index contributed by atoms with van der Waals surface area (Å²) >= 11 is 5.79. The van der Waals surface area contributed by atoms with Gasteiger partial charge in [-0.05, 0) is 60.7 Å². The maximum absolute atomic E-state index is 11.5. The molecule has 2 unspecified atom stereocenters. The fourth-order valence-corrected chi connectivity index (χ4v) is 4.70. The first kappa shape index (κ1) is 23.4. The lowest BCUT2D eigenvalue weighted by Crippen LogP contribution is -2.29. The molecule has 0 aliphatic carbocycles. The summed E-state index contributed by atoms with van der Waals surface area (Å²) in [5, 5.41) is 13.3. The molecule has 0 amide bonds. The number of nitrogens with zero attached hydrogens (tertiary/aromatic N) is 2. The Kier molecular flexibility index (Phi) is 6.30. The average molecular weight is 502 g/mol. The fourth-order valence-electron chi connectivity index (χ4n) is 4.36. The zero-order valence-corrected chi connectivity index (χ0v) is 20.4. The molecule has 2 atom stereocenters. The minimum Gasteiger partial charge on any atom is -0.497 e. The second-order valence-corrected chi connectivity index (χ2v) is 8.51. The average Bonchev–Trinajstić information content (AvgIpc) is 3.53. The normalized spacial score (nSPS) is 17.1. The van der Waals surface area contributed by atoms with Crippen LogP contribution in [0.5, 0.6) is 11.5 Å². The van der Waals surface area contributed by atoms with Gasteiger partial charge in [0.25, 0.3) is 0 Å². The molecular weight excluding hydrogens is 478 g/mol. The first-order valence-electron chi connectivity index (χ1n) is 11.2. The SMILES string of the molecule is COc1ccc(OC)c(N2C(=S)NC(c3ccccn3)C2c2ccc(-c3cccc(C(=O)O)c3)o2)c1. The van der Waals surface area contributed by atoms with Crippen LogP contribution in [0.1, 0.15) is 33.9 Å². The number of benzene rings is 2. The predicted molar refractivity (Wildman–Crippen MR) is 139 cm³/mol. The Labute approximate surface area is 213 Å². The summed E-state index contributed by atoms with van der Waals surface area (Å²) in [7, 11) is 3.20. The standard InChI is InChI=1S/C27H23N3O5S/c1-33-18-9-10-22(34-2)20(15-18)30-25(24(29-27(30)36)19-8-3-4-13-28-19)23-12-11-21(35-23)16-6-5-7-17(14-16)26(31)32/h3-15,24-25H,1-2H3,(H,29,36)(H,31,32). The van der Waals surface area contributed by atoms with Crippen LogP contribution in [0.3, 0.4) is 0 Å². The van der Waals surface area contributed by atoms with Crippen molar-refractivity contribution in [1.29, 1.82) is 0 Å². The van der Waals surface area contributed by atoms with E-state index in [1.165, 1.54) is 0 Å². The summed E-state index contributed by atoms with van der Waals surface area (Å²) < 4.78 is 17.5. The van der Waals surface area contributed by atoms with Crippen molar-refractivity contribution >= 4 is 29.0 Å². The number of hydrogen-bond acceptors (Lipinski definition) is 6. The lowest BCUT2D eigenvalue weighted by molar-refractivity contribution is 0.0697. The molecule has 3 heterocycles. The van der Waals surface area contributed by atoms with Crippen LogP contribution in [0.25, 0.3) is 11.3 Å². The summed E-state index contributed by atoms with van der Waals surface area (Å²) in [4.78, 5) is 18.0. The molecule has 36 heavy (non-hydrogen) atoms. The predicted octanol–water partition coefficient (Wildman–Crippen LogP) is 5.23. The summed E-state index contributed by atoms with van der Waals surface area (Å²) in [6, 6.07) is 20.8. The summed E-state index contributed by atoms with van der Waals surface area (Å²) in [6.45, 7) is 0. The third-order valence-electron chi connectivity index (χ3n) is 6.06. The number of methoxy groups -OCH3 is 2. The van der Waals surface area contributed by atoms with Gasteiger partial charge >= 0.3 is 5.97 Å². The molecule has 1 aliphatic rings. The van der Waals surface area contributed by atoms with E-state index < -0.39 is 12.0 Å². The van der Waals surface area contributed by atoms with E-state index in [2.05, 4.69) is 10.3 Å². The zero-order chi connectivity index (χ0) is 25.2. The van der Waals surface area contributed by atoms with Crippen molar-refractivity contribution in [3.8, 4) is 22.8 Å². The van der Waals surface area contributed by atoms with E-state index in [9.17, 15) is 9.90 Å². The molecule has 2 N–H and O–H groups in total. The molecule has 5 rings (SSSR count). The Morgan fingerprint density at radius 1 is 1.06 bits per heavy atom. The van der Waals surface area contributed by atoms with Gasteiger partial charge in [-0.1, -0.05) is 18.2 Å². The van der Waals surface area contributed by atoms with E-state index in [0.717, 1.165) is 5.69 Å². The largest absolute Gasteiger partial charge is 0.497 e. The number of rotatable bonds is 7. The highest BCUT2D eigenvalue weighted by atomic mass is 32.1. The van der Waals surface area contributed by atoms with Crippen LogP contribution in [0.4, 0.5) is 5.69 Å². The number of nitrogens with one attached hydrogen (secondary N) is 1. The van der Waals surface area contributed by atoms with Crippen molar-refractivity contribution in [2.45, 2.75) is 12.1 Å². The minimum absolute atomic E-state index is 0.184. The minimum atomic E-state index is -1.000. The zero-order valence-electron chi connectivity index (χ0n) is 19.5. The number of carboxylic acid groups (broad SMARTS) is 1. The van der Waals surface area contributed by atoms with E-state index in [1.54, 1.807) is 38.6 Å². The number of thiocarbonyl (C=S) groups is 1. The third kappa shape index (κ3) is 4.25. The van der Waals surface area contributed by atoms with Gasteiger partial charge in [-0.15, -0.1) is 0 Å². The monoisotopic (exact) mass is 501 g/mol. The molecule has 8 nitrogen and oxygen atoms in total. The van der Waals surface area contributed by atoms with Gasteiger partial charge in [0, 0.05) is 17.8 Å². The fraction of sp³-hybridized carbons (Fsp3) is 0.148. The maximum atomic E-state index is 11.5. The molecule has 4 aromatic rings. The maximum Gasteiger partial charge on any atom is 0.335 e. The smallest absolute Gasteiger partial charge is 0.335 e.